The summed E-state index contributed by atoms with van der Waals surface area (Å²) in [5.41, 5.74) is 0. The molecule has 0 aliphatic heterocycles. The molecule has 1 rings (SSSR count). The van der Waals surface area contributed by atoms with Crippen molar-refractivity contribution in [2.24, 2.45) is 0 Å². The number of carbonyl (C=O) groups excluding carboxylic acids is 2. The second-order valence-electron chi connectivity index (χ2n) is 18.2. The number of allylic oxidation sites excluding steroid dienone is 8. The molecule has 1 aliphatic carbocycles. The number of carbonyl (C=O) groups is 2. The molecule has 0 radical (unpaired) electrons. The maximum absolute atomic E-state index is 13.1. The molecule has 0 bridgehead atoms. The average molecular weight is 947 g/mol. The minimum atomic E-state index is -0.265. The van der Waals surface area contributed by atoms with Crippen molar-refractivity contribution in [3.63, 3.8) is 0 Å². The van der Waals surface area contributed by atoms with Crippen LogP contribution in [-0.4, -0.2) is 124 Å². The summed E-state index contributed by atoms with van der Waals surface area (Å²) in [7, 11) is 2.01. The van der Waals surface area contributed by atoms with Crippen LogP contribution in [0, 0.1) is 0 Å². The summed E-state index contributed by atoms with van der Waals surface area (Å²) in [5, 5.41) is 9.58. The molecule has 390 valence electrons. The molecule has 1 aliphatic rings. The molecule has 0 atom stereocenters. The van der Waals surface area contributed by atoms with E-state index in [2.05, 4.69) is 86.1 Å². The summed E-state index contributed by atoms with van der Waals surface area (Å²) < 4.78 is 36.4. The standard InChI is InChI=1S/C56H102N2O9/c1-6-10-14-18-22-30-45-62-55(63-46-31-23-19-15-11-7-2)37-28-26-35-53(60)66-49-52(57(5)41-34-42-58(43-44-59)51-39-40-51)50-67-54(61)36-27-29-38-56(64-47-32-24-20-16-12-8-3)65-48-33-25-21-17-13-9-4/h10-17,51-52,55-56,59H,6-9,18-50H2,1-5H3/b14-10-,15-11-,16-12-,17-13-. The van der Waals surface area contributed by atoms with E-state index in [1.54, 1.807) is 0 Å². The lowest BCUT2D eigenvalue weighted by atomic mass is 10.2. The molecule has 0 saturated heterocycles. The predicted octanol–water partition coefficient (Wildman–Crippen LogP) is 12.6. The lowest BCUT2D eigenvalue weighted by Crippen LogP contribution is -2.42. The van der Waals surface area contributed by atoms with Gasteiger partial charge in [0.2, 0.25) is 0 Å². The van der Waals surface area contributed by atoms with Crippen LogP contribution in [0.2, 0.25) is 0 Å². The summed E-state index contributed by atoms with van der Waals surface area (Å²) >= 11 is 0. The zero-order chi connectivity index (χ0) is 48.7. The lowest BCUT2D eigenvalue weighted by Gasteiger charge is -2.29. The smallest absolute Gasteiger partial charge is 0.305 e. The minimum absolute atomic E-state index is 0.154. The summed E-state index contributed by atoms with van der Waals surface area (Å²) in [6, 6.07) is 0.311. The Morgan fingerprint density at radius 1 is 0.507 bits per heavy atom. The van der Waals surface area contributed by atoms with Crippen LogP contribution in [0.25, 0.3) is 0 Å². The Labute approximate surface area is 410 Å². The number of aliphatic hydroxyl groups excluding tert-OH is 1. The molecule has 0 aromatic rings. The Hall–Kier alpha value is -2.38. The monoisotopic (exact) mass is 947 g/mol. The van der Waals surface area contributed by atoms with Gasteiger partial charge in [-0.25, -0.2) is 0 Å². The molecule has 11 heteroatoms. The van der Waals surface area contributed by atoms with E-state index in [-0.39, 0.29) is 50.4 Å². The van der Waals surface area contributed by atoms with Crippen molar-refractivity contribution >= 4 is 11.9 Å². The van der Waals surface area contributed by atoms with Crippen molar-refractivity contribution in [1.82, 2.24) is 9.80 Å². The molecule has 67 heavy (non-hydrogen) atoms. The van der Waals surface area contributed by atoms with Crippen LogP contribution in [0.1, 0.15) is 201 Å². The first-order valence-corrected chi connectivity index (χ1v) is 27.3. The van der Waals surface area contributed by atoms with Crippen LogP contribution in [0.5, 0.6) is 0 Å². The summed E-state index contributed by atoms with van der Waals surface area (Å²) in [6.45, 7) is 14.1. The van der Waals surface area contributed by atoms with Crippen molar-refractivity contribution in [1.29, 1.82) is 0 Å². The van der Waals surface area contributed by atoms with E-state index >= 15 is 0 Å². The number of nitrogens with zero attached hydrogens (tertiary/aromatic N) is 2. The van der Waals surface area contributed by atoms with E-state index in [0.717, 1.165) is 148 Å². The molecular weight excluding hydrogens is 845 g/mol. The number of likely N-dealkylation sites (N-methyl/N-ethyl adjacent to an activating group) is 1. The Morgan fingerprint density at radius 2 is 0.896 bits per heavy atom. The number of ether oxygens (including phenoxy) is 6. The quantitative estimate of drug-likeness (QED) is 0.0272. The third-order valence-corrected chi connectivity index (χ3v) is 11.9. The third kappa shape index (κ3) is 40.1. The molecule has 0 aromatic carbocycles. The first-order chi connectivity index (χ1) is 32.9. The highest BCUT2D eigenvalue weighted by Gasteiger charge is 2.28. The molecule has 0 amide bonds. The van der Waals surface area contributed by atoms with Crippen LogP contribution in [0.4, 0.5) is 0 Å². The first kappa shape index (κ1) is 62.6. The Morgan fingerprint density at radius 3 is 1.24 bits per heavy atom. The number of aliphatic hydroxyl groups is 1. The molecule has 1 N–H and O–H groups in total. The molecule has 0 spiro atoms. The van der Waals surface area contributed by atoms with Gasteiger partial charge >= 0.3 is 11.9 Å². The van der Waals surface area contributed by atoms with Crippen LogP contribution in [0.15, 0.2) is 48.6 Å². The number of hydrogen-bond acceptors (Lipinski definition) is 11. The van der Waals surface area contributed by atoms with Gasteiger partial charge in [-0.2, -0.15) is 0 Å². The normalized spacial score (nSPS) is 13.5. The molecule has 1 fully saturated rings. The molecule has 0 unspecified atom stereocenters. The fraction of sp³-hybridized carbons (Fsp3) is 0.821. The first-order valence-electron chi connectivity index (χ1n) is 27.3. The molecule has 0 aromatic heterocycles. The van der Waals surface area contributed by atoms with E-state index in [1.165, 1.54) is 12.8 Å². The fourth-order valence-corrected chi connectivity index (χ4v) is 7.62. The van der Waals surface area contributed by atoms with E-state index in [1.807, 2.05) is 7.05 Å². The van der Waals surface area contributed by atoms with Gasteiger partial charge in [0.1, 0.15) is 13.2 Å². The van der Waals surface area contributed by atoms with Gasteiger partial charge < -0.3 is 33.5 Å². The fourth-order valence-electron chi connectivity index (χ4n) is 7.62. The van der Waals surface area contributed by atoms with Gasteiger partial charge in [0.05, 0.1) is 12.6 Å². The topological polar surface area (TPSA) is 116 Å². The van der Waals surface area contributed by atoms with Crippen molar-refractivity contribution in [3.8, 4) is 0 Å². The maximum Gasteiger partial charge on any atom is 0.305 e. The average Bonchev–Trinajstić information content (AvgIpc) is 4.18. The van der Waals surface area contributed by atoms with Gasteiger partial charge in [0.25, 0.3) is 0 Å². The number of rotatable bonds is 50. The van der Waals surface area contributed by atoms with Crippen LogP contribution in [0.3, 0.4) is 0 Å². The van der Waals surface area contributed by atoms with Crippen LogP contribution < -0.4 is 0 Å². The van der Waals surface area contributed by atoms with Gasteiger partial charge in [-0.15, -0.1) is 0 Å². The van der Waals surface area contributed by atoms with Gasteiger partial charge in [-0.1, -0.05) is 76.3 Å². The SMILES string of the molecule is CC/C=C\CCCCOC(CCCCC(=O)OCC(COC(=O)CCCCC(OCCCC/C=C\CC)OCCCC/C=C\CC)N(C)CCCN(CCO)C1CC1)OCCCC/C=C\CC. The molecule has 0 heterocycles. The van der Waals surface area contributed by atoms with Crippen molar-refractivity contribution in [2.45, 2.75) is 226 Å². The highest BCUT2D eigenvalue weighted by Crippen LogP contribution is 2.26. The Kier molecular flexibility index (Phi) is 44.2. The lowest BCUT2D eigenvalue weighted by molar-refractivity contribution is -0.152. The molecular formula is C56H102N2O9. The zero-order valence-electron chi connectivity index (χ0n) is 43.7. The van der Waals surface area contributed by atoms with Gasteiger partial charge in [-0.05, 0) is 181 Å². The summed E-state index contributed by atoms with van der Waals surface area (Å²) in [4.78, 5) is 30.6. The Bertz CT molecular complexity index is 1110. The Balaban J connectivity index is 2.67. The highest BCUT2D eigenvalue weighted by molar-refractivity contribution is 5.69. The predicted molar refractivity (Wildman–Crippen MR) is 276 cm³/mol. The molecule has 1 saturated carbocycles. The second-order valence-corrected chi connectivity index (χ2v) is 18.2. The van der Waals surface area contributed by atoms with E-state index < -0.39 is 0 Å². The molecule has 11 nitrogen and oxygen atoms in total. The van der Waals surface area contributed by atoms with E-state index in [4.69, 9.17) is 28.4 Å². The van der Waals surface area contributed by atoms with E-state index in [0.29, 0.717) is 64.7 Å². The van der Waals surface area contributed by atoms with Crippen molar-refractivity contribution in [2.75, 3.05) is 72.9 Å². The summed E-state index contributed by atoms with van der Waals surface area (Å²) in [5.74, 6) is -0.487. The number of hydrogen-bond donors (Lipinski definition) is 1. The number of unbranched alkanes of at least 4 members (excludes halogenated alkanes) is 10. The largest absolute Gasteiger partial charge is 0.464 e. The van der Waals surface area contributed by atoms with Gasteiger partial charge in [0.15, 0.2) is 12.6 Å². The van der Waals surface area contributed by atoms with Crippen LogP contribution in [-0.2, 0) is 38.0 Å². The van der Waals surface area contributed by atoms with E-state index in [9.17, 15) is 14.7 Å². The third-order valence-electron chi connectivity index (χ3n) is 11.9. The van der Waals surface area contributed by atoms with Gasteiger partial charge in [0, 0.05) is 51.9 Å². The van der Waals surface area contributed by atoms with Crippen molar-refractivity contribution < 1.29 is 43.1 Å². The minimum Gasteiger partial charge on any atom is -0.464 e. The second kappa shape index (κ2) is 47.3. The maximum atomic E-state index is 13.1. The number of esters is 2. The summed E-state index contributed by atoms with van der Waals surface area (Å²) in [6.07, 6.45) is 42.6. The van der Waals surface area contributed by atoms with Crippen molar-refractivity contribution in [3.05, 3.63) is 48.6 Å². The zero-order valence-corrected chi connectivity index (χ0v) is 43.7. The van der Waals surface area contributed by atoms with Gasteiger partial charge in [-0.3, -0.25) is 19.4 Å². The highest BCUT2D eigenvalue weighted by atomic mass is 16.7. The van der Waals surface area contributed by atoms with Crippen LogP contribution >= 0.6 is 0 Å².